The number of anilines is 1. The van der Waals surface area contributed by atoms with E-state index in [1.165, 1.54) is 29.0 Å². The first kappa shape index (κ1) is 32.7. The largest absolute Gasteiger partial charge is 0.416 e. The number of halogens is 4. The first-order chi connectivity index (χ1) is 21.8. The maximum atomic E-state index is 13.9. The van der Waals surface area contributed by atoms with Crippen molar-refractivity contribution >= 4 is 39.1 Å². The van der Waals surface area contributed by atoms with E-state index in [0.717, 1.165) is 28.6 Å². The first-order valence-electron chi connectivity index (χ1n) is 13.8. The number of aromatic nitrogens is 3. The van der Waals surface area contributed by atoms with Gasteiger partial charge in [0.1, 0.15) is 5.69 Å². The molecule has 2 amide bonds. The highest BCUT2D eigenvalue weighted by atomic mass is 35.5. The fourth-order valence-electron chi connectivity index (χ4n) is 4.57. The van der Waals surface area contributed by atoms with Crippen molar-refractivity contribution < 1.29 is 31.2 Å². The van der Waals surface area contributed by atoms with E-state index in [0.29, 0.717) is 23.0 Å². The maximum Gasteiger partial charge on any atom is 0.416 e. The van der Waals surface area contributed by atoms with E-state index in [2.05, 4.69) is 20.9 Å². The Hall–Kier alpha value is -4.73. The lowest BCUT2D eigenvalue weighted by atomic mass is 10.1. The lowest BCUT2D eigenvalue weighted by Crippen LogP contribution is -2.40. The molecule has 1 unspecified atom stereocenters. The Bertz CT molecular complexity index is 1910. The number of carbonyl (C=O) groups excluding carboxylic acids is 2. The van der Waals surface area contributed by atoms with Crippen LogP contribution in [0, 0.1) is 0 Å². The lowest BCUT2D eigenvalue weighted by Gasteiger charge is -2.24. The molecule has 4 aromatic rings. The number of sulfonamides is 1. The summed E-state index contributed by atoms with van der Waals surface area (Å²) < 4.78 is 70.8. The monoisotopic (exact) mass is 673 g/mol. The Morgan fingerprint density at radius 2 is 1.70 bits per heavy atom. The minimum Gasteiger partial charge on any atom is -0.349 e. The van der Waals surface area contributed by atoms with E-state index < -0.39 is 46.2 Å². The molecule has 5 rings (SSSR count). The van der Waals surface area contributed by atoms with Gasteiger partial charge in [0.05, 0.1) is 57.7 Å². The molecule has 11 nitrogen and oxygen atoms in total. The van der Waals surface area contributed by atoms with Crippen LogP contribution in [0.25, 0.3) is 5.69 Å². The minimum atomic E-state index is -4.73. The van der Waals surface area contributed by atoms with Crippen LogP contribution in [0.2, 0.25) is 5.02 Å². The summed E-state index contributed by atoms with van der Waals surface area (Å²) in [6.45, 7) is -0.343. The molecule has 0 saturated heterocycles. The van der Waals surface area contributed by atoms with Gasteiger partial charge in [-0.15, -0.1) is 5.10 Å². The molecule has 0 fully saturated rings. The van der Waals surface area contributed by atoms with Gasteiger partial charge in [0, 0.05) is 6.54 Å². The van der Waals surface area contributed by atoms with Gasteiger partial charge in [-0.2, -0.15) is 13.2 Å². The molecular weight excluding hydrogens is 647 g/mol. The molecule has 1 aromatic heterocycles. The van der Waals surface area contributed by atoms with Gasteiger partial charge < -0.3 is 16.4 Å². The van der Waals surface area contributed by atoms with Gasteiger partial charge in [0.2, 0.25) is 5.91 Å². The van der Waals surface area contributed by atoms with Gasteiger partial charge in [0.25, 0.3) is 15.9 Å². The SMILES string of the molecule is NC1C/C=C/CN(c2cccc(C(F)(F)F)c2)S(=O)(=O)c2ccc(Cl)c(c2)C(=O)NCc2cccc(c2)-n2cc(nn2)CNC1=O. The van der Waals surface area contributed by atoms with Crippen LogP contribution in [0.15, 0.2) is 90.0 Å². The second-order valence-electron chi connectivity index (χ2n) is 10.3. The van der Waals surface area contributed by atoms with Crippen molar-refractivity contribution in [2.75, 3.05) is 10.8 Å². The molecule has 0 saturated carbocycles. The summed E-state index contributed by atoms with van der Waals surface area (Å²) in [6.07, 6.45) is -0.284. The minimum absolute atomic E-state index is 0.00689. The van der Waals surface area contributed by atoms with E-state index in [4.69, 9.17) is 17.3 Å². The molecule has 3 aromatic carbocycles. The molecule has 46 heavy (non-hydrogen) atoms. The van der Waals surface area contributed by atoms with E-state index in [9.17, 15) is 31.2 Å². The summed E-state index contributed by atoms with van der Waals surface area (Å²) in [5.74, 6) is -1.18. The van der Waals surface area contributed by atoms with Gasteiger partial charge in [-0.05, 0) is 60.5 Å². The molecule has 1 atom stereocenters. The van der Waals surface area contributed by atoms with Crippen LogP contribution >= 0.6 is 11.6 Å². The van der Waals surface area contributed by atoms with E-state index >= 15 is 0 Å². The summed E-state index contributed by atoms with van der Waals surface area (Å²) in [5.41, 5.74) is 6.29. The van der Waals surface area contributed by atoms with Gasteiger partial charge >= 0.3 is 6.18 Å². The molecule has 6 bridgehead atoms. The fraction of sp³-hybridized carbons (Fsp3) is 0.200. The van der Waals surface area contributed by atoms with Crippen molar-refractivity contribution in [1.29, 1.82) is 0 Å². The summed E-state index contributed by atoms with van der Waals surface area (Å²) in [6, 6.07) is 13.3. The van der Waals surface area contributed by atoms with Gasteiger partial charge in [-0.25, -0.2) is 13.1 Å². The zero-order valence-electron chi connectivity index (χ0n) is 23.9. The number of rotatable bonds is 1. The van der Waals surface area contributed by atoms with Crippen molar-refractivity contribution in [3.63, 3.8) is 0 Å². The molecule has 0 spiro atoms. The second-order valence-corrected chi connectivity index (χ2v) is 12.5. The third kappa shape index (κ3) is 7.38. The van der Waals surface area contributed by atoms with Gasteiger partial charge in [0.15, 0.2) is 0 Å². The fourth-order valence-corrected chi connectivity index (χ4v) is 6.20. The average molecular weight is 674 g/mol. The number of nitrogens with zero attached hydrogens (tertiary/aromatic N) is 4. The molecule has 1 aliphatic heterocycles. The Balaban J connectivity index is 1.55. The Kier molecular flexibility index (Phi) is 9.46. The van der Waals surface area contributed by atoms with Crippen LogP contribution in [-0.4, -0.2) is 47.8 Å². The summed E-state index contributed by atoms with van der Waals surface area (Å²) in [5, 5.41) is 13.5. The third-order valence-electron chi connectivity index (χ3n) is 7.01. The molecule has 240 valence electrons. The number of amides is 2. The van der Waals surface area contributed by atoms with E-state index in [-0.39, 0.29) is 40.7 Å². The molecule has 2 heterocycles. The standard InChI is InChI=1S/C30H27ClF3N7O4S/c31-26-11-10-24-15-25(26)28(42)36-16-19-5-3-7-22(13-19)40-18-21(38-39-40)17-37-29(43)27(35)9-1-2-12-41(46(24,44)45)23-8-4-6-20(14-23)30(32,33)34/h1-8,10-11,13-15,18,27H,9,12,16-17,35H2,(H,36,42)(H,37,43)/b2-1+. The van der Waals surface area contributed by atoms with Crippen LogP contribution in [0.1, 0.15) is 33.6 Å². The quantitative estimate of drug-likeness (QED) is 0.259. The molecule has 0 radical (unpaired) electrons. The highest BCUT2D eigenvalue weighted by Crippen LogP contribution is 2.34. The summed E-state index contributed by atoms with van der Waals surface area (Å²) >= 11 is 6.29. The number of nitrogens with two attached hydrogens (primary N) is 1. The van der Waals surface area contributed by atoms with Crippen molar-refractivity contribution in [1.82, 2.24) is 25.6 Å². The molecule has 4 N–H and O–H groups in total. The van der Waals surface area contributed by atoms with E-state index in [1.807, 2.05) is 0 Å². The first-order valence-corrected chi connectivity index (χ1v) is 15.6. The average Bonchev–Trinajstić information content (AvgIpc) is 3.51. The number of benzene rings is 3. The van der Waals surface area contributed by atoms with Gasteiger partial charge in [-0.3, -0.25) is 13.9 Å². The maximum absolute atomic E-state index is 13.9. The van der Waals surface area contributed by atoms with E-state index in [1.54, 1.807) is 30.5 Å². The second kappa shape index (κ2) is 13.3. The smallest absolute Gasteiger partial charge is 0.349 e. The Labute approximate surface area is 266 Å². The molecule has 16 heteroatoms. The Morgan fingerprint density at radius 3 is 2.48 bits per heavy atom. The van der Waals surface area contributed by atoms with Gasteiger partial charge in [-0.1, -0.05) is 47.2 Å². The zero-order valence-corrected chi connectivity index (χ0v) is 25.5. The number of carbonyl (C=O) groups is 2. The summed E-state index contributed by atoms with van der Waals surface area (Å²) in [7, 11) is -4.56. The highest BCUT2D eigenvalue weighted by molar-refractivity contribution is 7.92. The van der Waals surface area contributed by atoms with Crippen molar-refractivity contribution in [2.24, 2.45) is 5.73 Å². The van der Waals surface area contributed by atoms with Crippen molar-refractivity contribution in [3.05, 3.63) is 112 Å². The predicted octanol–water partition coefficient (Wildman–Crippen LogP) is 3.97. The zero-order chi connectivity index (χ0) is 33.1. The van der Waals surface area contributed by atoms with Crippen molar-refractivity contribution in [2.45, 2.75) is 36.6 Å². The molecular formula is C30H27ClF3N7O4S. The predicted molar refractivity (Wildman–Crippen MR) is 164 cm³/mol. The van der Waals surface area contributed by atoms with Crippen LogP contribution < -0.4 is 20.7 Å². The highest BCUT2D eigenvalue weighted by Gasteiger charge is 2.33. The number of hydrogen-bond acceptors (Lipinski definition) is 7. The summed E-state index contributed by atoms with van der Waals surface area (Å²) in [4.78, 5) is 25.4. The number of fused-ring (bicyclic) bond motifs is 7. The van der Waals surface area contributed by atoms with Crippen LogP contribution in [-0.2, 0) is 34.1 Å². The normalized spacial score (nSPS) is 18.5. The number of nitrogens with one attached hydrogen (secondary N) is 2. The van der Waals surface area contributed by atoms with Crippen molar-refractivity contribution in [3.8, 4) is 5.69 Å². The van der Waals surface area contributed by atoms with Crippen LogP contribution in [0.5, 0.6) is 0 Å². The topological polar surface area (TPSA) is 152 Å². The van der Waals surface area contributed by atoms with Crippen LogP contribution in [0.4, 0.5) is 18.9 Å². The third-order valence-corrected chi connectivity index (χ3v) is 9.13. The molecule has 0 aliphatic carbocycles. The Morgan fingerprint density at radius 1 is 0.935 bits per heavy atom. The van der Waals surface area contributed by atoms with Crippen LogP contribution in [0.3, 0.4) is 0 Å². The molecule has 1 aliphatic rings. The lowest BCUT2D eigenvalue weighted by molar-refractivity contribution is -0.137. The number of alkyl halides is 3. The number of hydrogen-bond donors (Lipinski definition) is 3.